The van der Waals surface area contributed by atoms with E-state index in [0.717, 1.165) is 27.7 Å². The summed E-state index contributed by atoms with van der Waals surface area (Å²) in [5.74, 6) is 0.797. The normalized spacial score (nSPS) is 10.5. The molecule has 4 nitrogen and oxygen atoms in total. The zero-order chi connectivity index (χ0) is 18.5. The maximum absolute atomic E-state index is 9.28. The lowest BCUT2D eigenvalue weighted by molar-refractivity contribution is 0.884. The van der Waals surface area contributed by atoms with Gasteiger partial charge in [-0.2, -0.15) is 5.26 Å². The van der Waals surface area contributed by atoms with Crippen LogP contribution in [0.15, 0.2) is 90.3 Å². The van der Waals surface area contributed by atoms with Crippen molar-refractivity contribution in [2.45, 2.75) is 10.9 Å². The molecule has 0 aliphatic carbocycles. The van der Waals surface area contributed by atoms with Crippen LogP contribution < -0.4 is 0 Å². The Kier molecular flexibility index (Phi) is 4.99. The quantitative estimate of drug-likeness (QED) is 0.460. The molecule has 3 aromatic carbocycles. The second-order valence-corrected chi connectivity index (χ2v) is 6.90. The fraction of sp³-hybridized carbons (Fsp3) is 0.0455. The van der Waals surface area contributed by atoms with Crippen LogP contribution in [0.5, 0.6) is 0 Å². The van der Waals surface area contributed by atoms with E-state index in [1.54, 1.807) is 18.1 Å². The molecule has 0 saturated carbocycles. The van der Waals surface area contributed by atoms with Crippen LogP contribution in [0, 0.1) is 11.3 Å². The minimum Gasteiger partial charge on any atom is -0.277 e. The highest BCUT2D eigenvalue weighted by Gasteiger charge is 2.08. The van der Waals surface area contributed by atoms with Crippen LogP contribution in [-0.2, 0) is 5.75 Å². The third-order valence-corrected chi connectivity index (χ3v) is 5.25. The van der Waals surface area contributed by atoms with Crippen LogP contribution >= 0.6 is 11.8 Å². The highest BCUT2D eigenvalue weighted by molar-refractivity contribution is 7.98. The van der Waals surface area contributed by atoms with Crippen molar-refractivity contribution in [2.75, 3.05) is 0 Å². The van der Waals surface area contributed by atoms with Crippen LogP contribution in [0.3, 0.4) is 0 Å². The number of aromatic nitrogens is 3. The Morgan fingerprint density at radius 3 is 2.41 bits per heavy atom. The first-order valence-corrected chi connectivity index (χ1v) is 9.50. The minimum atomic E-state index is 0.690. The molecule has 0 radical (unpaired) electrons. The summed E-state index contributed by atoms with van der Waals surface area (Å²) in [6.45, 7) is 0. The van der Waals surface area contributed by atoms with Gasteiger partial charge < -0.3 is 0 Å². The number of benzene rings is 3. The van der Waals surface area contributed by atoms with E-state index in [4.69, 9.17) is 0 Å². The molecule has 0 amide bonds. The van der Waals surface area contributed by atoms with Gasteiger partial charge in [0.15, 0.2) is 5.16 Å². The van der Waals surface area contributed by atoms with E-state index in [9.17, 15) is 5.26 Å². The second kappa shape index (κ2) is 7.90. The zero-order valence-corrected chi connectivity index (χ0v) is 15.3. The van der Waals surface area contributed by atoms with E-state index < -0.39 is 0 Å². The molecule has 0 saturated heterocycles. The standard InChI is InChI=1S/C22H16N4S/c23-14-19-6-4-5-9-21(19)18-12-10-17(11-13-18)15-27-22-25-24-16-26(22)20-7-2-1-3-8-20/h1-13,16H,15H2. The van der Waals surface area contributed by atoms with Crippen LogP contribution in [-0.4, -0.2) is 14.8 Å². The average Bonchev–Trinajstić information content (AvgIpc) is 3.22. The maximum atomic E-state index is 9.28. The molecular formula is C22H16N4S. The number of thioether (sulfide) groups is 1. The number of rotatable bonds is 5. The molecule has 0 N–H and O–H groups in total. The average molecular weight is 368 g/mol. The van der Waals surface area contributed by atoms with Crippen LogP contribution in [0.4, 0.5) is 0 Å². The molecular weight excluding hydrogens is 352 g/mol. The predicted octanol–water partition coefficient (Wildman–Crippen LogP) is 5.10. The van der Waals surface area contributed by atoms with Crippen molar-refractivity contribution in [1.82, 2.24) is 14.8 Å². The van der Waals surface area contributed by atoms with Crippen LogP contribution in [0.2, 0.25) is 0 Å². The van der Waals surface area contributed by atoms with Crippen LogP contribution in [0.25, 0.3) is 16.8 Å². The Morgan fingerprint density at radius 1 is 0.889 bits per heavy atom. The lowest BCUT2D eigenvalue weighted by Gasteiger charge is -2.07. The summed E-state index contributed by atoms with van der Waals surface area (Å²) >= 11 is 1.65. The van der Waals surface area contributed by atoms with Gasteiger partial charge in [-0.15, -0.1) is 10.2 Å². The molecule has 1 heterocycles. The van der Waals surface area contributed by atoms with Gasteiger partial charge in [-0.05, 0) is 34.9 Å². The molecule has 0 spiro atoms. The second-order valence-electron chi connectivity index (χ2n) is 5.96. The smallest absolute Gasteiger partial charge is 0.195 e. The number of para-hydroxylation sites is 1. The lowest BCUT2D eigenvalue weighted by Crippen LogP contribution is -1.94. The maximum Gasteiger partial charge on any atom is 0.195 e. The summed E-state index contributed by atoms with van der Waals surface area (Å²) in [5.41, 5.74) is 4.95. The number of nitrogens with zero attached hydrogens (tertiary/aromatic N) is 4. The summed E-state index contributed by atoms with van der Waals surface area (Å²) < 4.78 is 1.99. The molecule has 5 heteroatoms. The van der Waals surface area contributed by atoms with Gasteiger partial charge in [-0.25, -0.2) is 0 Å². The molecule has 0 unspecified atom stereocenters. The monoisotopic (exact) mass is 368 g/mol. The van der Waals surface area contributed by atoms with Gasteiger partial charge in [0.2, 0.25) is 0 Å². The van der Waals surface area contributed by atoms with Gasteiger partial charge >= 0.3 is 0 Å². The first kappa shape index (κ1) is 17.1. The van der Waals surface area contributed by atoms with Gasteiger partial charge in [-0.1, -0.05) is 72.4 Å². The fourth-order valence-corrected chi connectivity index (χ4v) is 3.73. The summed E-state index contributed by atoms with van der Waals surface area (Å²) in [6.07, 6.45) is 1.74. The Labute approximate surface area is 162 Å². The Bertz CT molecular complexity index is 1080. The fourth-order valence-electron chi connectivity index (χ4n) is 2.85. The van der Waals surface area contributed by atoms with Gasteiger partial charge in [-0.3, -0.25) is 4.57 Å². The van der Waals surface area contributed by atoms with E-state index >= 15 is 0 Å². The molecule has 0 aliphatic rings. The third kappa shape index (κ3) is 3.76. The number of nitriles is 1. The third-order valence-electron chi connectivity index (χ3n) is 4.23. The van der Waals surface area contributed by atoms with E-state index in [1.165, 1.54) is 5.56 Å². The van der Waals surface area contributed by atoms with E-state index in [-0.39, 0.29) is 0 Å². The number of hydrogen-bond donors (Lipinski definition) is 0. The van der Waals surface area contributed by atoms with E-state index in [2.05, 4.69) is 40.5 Å². The molecule has 1 aromatic heterocycles. The van der Waals surface area contributed by atoms with Crippen LogP contribution in [0.1, 0.15) is 11.1 Å². The van der Waals surface area contributed by atoms with E-state index in [1.807, 2.05) is 59.2 Å². The van der Waals surface area contributed by atoms with Gasteiger partial charge in [0, 0.05) is 11.4 Å². The van der Waals surface area contributed by atoms with E-state index in [0.29, 0.717) is 5.56 Å². The SMILES string of the molecule is N#Cc1ccccc1-c1ccc(CSc2nncn2-c2ccccc2)cc1. The molecule has 0 bridgehead atoms. The van der Waals surface area contributed by atoms with Gasteiger partial charge in [0.05, 0.1) is 11.6 Å². The Balaban J connectivity index is 1.49. The van der Waals surface area contributed by atoms with Crippen molar-refractivity contribution >= 4 is 11.8 Å². The van der Waals surface area contributed by atoms with Crippen molar-refractivity contribution in [1.29, 1.82) is 5.26 Å². The summed E-state index contributed by atoms with van der Waals surface area (Å²) in [4.78, 5) is 0. The number of hydrogen-bond acceptors (Lipinski definition) is 4. The predicted molar refractivity (Wildman–Crippen MR) is 108 cm³/mol. The lowest BCUT2D eigenvalue weighted by atomic mass is 10.00. The Morgan fingerprint density at radius 2 is 1.63 bits per heavy atom. The molecule has 0 fully saturated rings. The summed E-state index contributed by atoms with van der Waals surface area (Å²) in [6, 6.07) is 28.3. The first-order valence-electron chi connectivity index (χ1n) is 8.52. The molecule has 0 aliphatic heterocycles. The first-order chi connectivity index (χ1) is 13.3. The van der Waals surface area contributed by atoms with Crippen molar-refractivity contribution in [3.63, 3.8) is 0 Å². The molecule has 4 rings (SSSR count). The Hall–Kier alpha value is -3.36. The highest BCUT2D eigenvalue weighted by atomic mass is 32.2. The zero-order valence-electron chi connectivity index (χ0n) is 14.5. The molecule has 4 aromatic rings. The topological polar surface area (TPSA) is 54.5 Å². The largest absolute Gasteiger partial charge is 0.277 e. The molecule has 130 valence electrons. The van der Waals surface area contributed by atoms with Gasteiger partial charge in [0.25, 0.3) is 0 Å². The van der Waals surface area contributed by atoms with Crippen molar-refractivity contribution in [3.8, 4) is 22.9 Å². The summed E-state index contributed by atoms with van der Waals surface area (Å²) in [5, 5.41) is 18.4. The molecule has 0 atom stereocenters. The molecule has 27 heavy (non-hydrogen) atoms. The van der Waals surface area contributed by atoms with Gasteiger partial charge in [0.1, 0.15) is 6.33 Å². The minimum absolute atomic E-state index is 0.690. The summed E-state index contributed by atoms with van der Waals surface area (Å²) in [7, 11) is 0. The van der Waals surface area contributed by atoms with Crippen molar-refractivity contribution in [2.24, 2.45) is 0 Å². The highest BCUT2D eigenvalue weighted by Crippen LogP contribution is 2.27. The van der Waals surface area contributed by atoms with Crippen molar-refractivity contribution in [3.05, 3.63) is 96.3 Å². The van der Waals surface area contributed by atoms with Crippen molar-refractivity contribution < 1.29 is 0 Å².